The van der Waals surface area contributed by atoms with Crippen molar-refractivity contribution in [2.75, 3.05) is 6.54 Å². The number of aliphatic carboxylic acids is 1. The summed E-state index contributed by atoms with van der Waals surface area (Å²) in [5.41, 5.74) is 6.08. The number of rotatable bonds is 6. The zero-order valence-electron chi connectivity index (χ0n) is 12.0. The number of nitrogens with one attached hydrogen (secondary N) is 1. The molecule has 0 unspecified atom stereocenters. The van der Waals surface area contributed by atoms with Crippen LogP contribution in [0, 0.1) is 5.41 Å². The van der Waals surface area contributed by atoms with Crippen LogP contribution in [-0.4, -0.2) is 29.6 Å². The van der Waals surface area contributed by atoms with Gasteiger partial charge >= 0.3 is 5.97 Å². The highest BCUT2D eigenvalue weighted by Gasteiger charge is 2.41. The third-order valence-corrected chi connectivity index (χ3v) is 4.25. The maximum atomic E-state index is 12.0. The molecule has 0 bridgehead atoms. The van der Waals surface area contributed by atoms with Crippen LogP contribution in [0.1, 0.15) is 31.2 Å². The van der Waals surface area contributed by atoms with Crippen molar-refractivity contribution >= 4 is 11.9 Å². The summed E-state index contributed by atoms with van der Waals surface area (Å²) < 4.78 is 0. The van der Waals surface area contributed by atoms with Gasteiger partial charge in [-0.1, -0.05) is 43.2 Å². The van der Waals surface area contributed by atoms with Gasteiger partial charge in [-0.05, 0) is 24.8 Å². The zero-order chi connectivity index (χ0) is 15.3. The van der Waals surface area contributed by atoms with Crippen LogP contribution in [-0.2, 0) is 16.0 Å². The van der Waals surface area contributed by atoms with Crippen molar-refractivity contribution in [1.82, 2.24) is 5.32 Å². The van der Waals surface area contributed by atoms with Crippen LogP contribution in [0.2, 0.25) is 0 Å². The second-order valence-electron chi connectivity index (χ2n) is 5.81. The first-order chi connectivity index (χ1) is 10.0. The van der Waals surface area contributed by atoms with Crippen molar-refractivity contribution in [3.8, 4) is 0 Å². The highest BCUT2D eigenvalue weighted by molar-refractivity contribution is 5.83. The van der Waals surface area contributed by atoms with Crippen LogP contribution < -0.4 is 11.1 Å². The summed E-state index contributed by atoms with van der Waals surface area (Å²) in [5, 5.41) is 12.1. The molecule has 1 amide bonds. The zero-order valence-corrected chi connectivity index (χ0v) is 12.0. The number of hydrogen-bond acceptors (Lipinski definition) is 3. The number of hydrogen-bond donors (Lipinski definition) is 3. The maximum absolute atomic E-state index is 12.0. The number of carbonyl (C=O) groups excluding carboxylic acids is 1. The van der Waals surface area contributed by atoms with Crippen molar-refractivity contribution < 1.29 is 14.7 Å². The first kappa shape index (κ1) is 15.5. The van der Waals surface area contributed by atoms with Gasteiger partial charge in [0.2, 0.25) is 5.91 Å². The van der Waals surface area contributed by atoms with E-state index in [0.717, 1.165) is 18.4 Å². The van der Waals surface area contributed by atoms with Crippen molar-refractivity contribution in [2.45, 2.75) is 38.1 Å². The molecule has 5 nitrogen and oxygen atoms in total. The van der Waals surface area contributed by atoms with Crippen molar-refractivity contribution in [2.24, 2.45) is 11.1 Å². The minimum absolute atomic E-state index is 0.170. The molecule has 21 heavy (non-hydrogen) atoms. The van der Waals surface area contributed by atoms with Crippen LogP contribution in [0.15, 0.2) is 30.3 Å². The van der Waals surface area contributed by atoms with E-state index >= 15 is 0 Å². The third-order valence-electron chi connectivity index (χ3n) is 4.25. The molecular formula is C16H22N2O3. The first-order valence-electron chi connectivity index (χ1n) is 7.34. The summed E-state index contributed by atoms with van der Waals surface area (Å²) >= 11 is 0. The van der Waals surface area contributed by atoms with Crippen molar-refractivity contribution in [3.63, 3.8) is 0 Å². The fourth-order valence-corrected chi connectivity index (χ4v) is 2.87. The van der Waals surface area contributed by atoms with Gasteiger partial charge in [0.15, 0.2) is 0 Å². The minimum Gasteiger partial charge on any atom is -0.481 e. The largest absolute Gasteiger partial charge is 0.481 e. The van der Waals surface area contributed by atoms with Gasteiger partial charge in [0.05, 0.1) is 11.5 Å². The number of amides is 1. The molecule has 114 valence electrons. The predicted molar refractivity (Wildman–Crippen MR) is 79.7 cm³/mol. The Labute approximate surface area is 124 Å². The summed E-state index contributed by atoms with van der Waals surface area (Å²) in [7, 11) is 0. The standard InChI is InChI=1S/C16H22N2O3/c17-13(10-12-6-2-1-3-7-12)14(19)18-11-16(15(20)21)8-4-5-9-16/h1-3,6-7,13H,4-5,8-11,17H2,(H,18,19)(H,20,21)/t13-/m0/s1. The van der Waals surface area contributed by atoms with E-state index in [2.05, 4.69) is 5.32 Å². The summed E-state index contributed by atoms with van der Waals surface area (Å²) in [6.07, 6.45) is 3.50. The van der Waals surface area contributed by atoms with Gasteiger partial charge in [-0.15, -0.1) is 0 Å². The Morgan fingerprint density at radius 3 is 2.43 bits per heavy atom. The van der Waals surface area contributed by atoms with Crippen molar-refractivity contribution in [3.05, 3.63) is 35.9 Å². The fourth-order valence-electron chi connectivity index (χ4n) is 2.87. The Balaban J connectivity index is 1.87. The van der Waals surface area contributed by atoms with Gasteiger partial charge in [0.25, 0.3) is 0 Å². The van der Waals surface area contributed by atoms with Crippen LogP contribution in [0.4, 0.5) is 0 Å². The van der Waals surface area contributed by atoms with Crippen LogP contribution in [0.5, 0.6) is 0 Å². The van der Waals surface area contributed by atoms with E-state index in [1.165, 1.54) is 0 Å². The number of carboxylic acids is 1. The number of nitrogens with two attached hydrogens (primary N) is 1. The molecule has 1 atom stereocenters. The molecule has 0 heterocycles. The molecular weight excluding hydrogens is 268 g/mol. The molecule has 1 aromatic rings. The molecule has 1 fully saturated rings. The van der Waals surface area contributed by atoms with Gasteiger partial charge in [-0.2, -0.15) is 0 Å². The molecule has 0 spiro atoms. The lowest BCUT2D eigenvalue weighted by atomic mass is 9.86. The molecule has 0 aromatic heterocycles. The minimum atomic E-state index is -0.822. The Hall–Kier alpha value is -1.88. The second kappa shape index (κ2) is 6.72. The van der Waals surface area contributed by atoms with Gasteiger partial charge < -0.3 is 16.2 Å². The molecule has 1 aliphatic carbocycles. The lowest BCUT2D eigenvalue weighted by molar-refractivity contribution is -0.148. The van der Waals surface area contributed by atoms with Crippen molar-refractivity contribution in [1.29, 1.82) is 0 Å². The lowest BCUT2D eigenvalue weighted by Gasteiger charge is -2.25. The summed E-state index contributed by atoms with van der Waals surface area (Å²) in [5.74, 6) is -1.11. The van der Waals surface area contributed by atoms with E-state index in [-0.39, 0.29) is 12.5 Å². The Kier molecular flexibility index (Phi) is 4.96. The van der Waals surface area contributed by atoms with E-state index in [4.69, 9.17) is 5.73 Å². The van der Waals surface area contributed by atoms with Gasteiger partial charge in [-0.3, -0.25) is 9.59 Å². The monoisotopic (exact) mass is 290 g/mol. The molecule has 0 radical (unpaired) electrons. The molecule has 5 heteroatoms. The number of benzene rings is 1. The Morgan fingerprint density at radius 1 is 1.24 bits per heavy atom. The lowest BCUT2D eigenvalue weighted by Crippen LogP contribution is -2.47. The van der Waals surface area contributed by atoms with Gasteiger partial charge in [0, 0.05) is 6.54 Å². The molecule has 0 saturated heterocycles. The fraction of sp³-hybridized carbons (Fsp3) is 0.500. The summed E-state index contributed by atoms with van der Waals surface area (Å²) in [6.45, 7) is 0.170. The number of carbonyl (C=O) groups is 2. The van der Waals surface area contributed by atoms with E-state index in [9.17, 15) is 14.7 Å². The molecule has 1 aliphatic rings. The molecule has 4 N–H and O–H groups in total. The topological polar surface area (TPSA) is 92.4 Å². The Bertz CT molecular complexity index is 496. The van der Waals surface area contributed by atoms with Gasteiger partial charge in [0.1, 0.15) is 0 Å². The van der Waals surface area contributed by atoms with Crippen LogP contribution in [0.3, 0.4) is 0 Å². The van der Waals surface area contributed by atoms with E-state index in [1.807, 2.05) is 30.3 Å². The van der Waals surface area contributed by atoms with Crippen LogP contribution >= 0.6 is 0 Å². The molecule has 0 aliphatic heterocycles. The normalized spacial score (nSPS) is 18.1. The highest BCUT2D eigenvalue weighted by atomic mass is 16.4. The van der Waals surface area contributed by atoms with E-state index in [1.54, 1.807) is 0 Å². The Morgan fingerprint density at radius 2 is 1.86 bits per heavy atom. The molecule has 2 rings (SSSR count). The predicted octanol–water partition coefficient (Wildman–Crippen LogP) is 1.32. The van der Waals surface area contributed by atoms with E-state index in [0.29, 0.717) is 19.3 Å². The average molecular weight is 290 g/mol. The SMILES string of the molecule is N[C@@H](Cc1ccccc1)C(=O)NCC1(C(=O)O)CCCC1. The highest BCUT2D eigenvalue weighted by Crippen LogP contribution is 2.37. The number of carboxylic acid groups (broad SMARTS) is 1. The quantitative estimate of drug-likeness (QED) is 0.736. The average Bonchev–Trinajstić information content (AvgIpc) is 2.96. The third kappa shape index (κ3) is 3.82. The van der Waals surface area contributed by atoms with E-state index < -0.39 is 17.4 Å². The van der Waals surface area contributed by atoms with Gasteiger partial charge in [-0.25, -0.2) is 0 Å². The molecule has 1 aromatic carbocycles. The first-order valence-corrected chi connectivity index (χ1v) is 7.34. The summed E-state index contributed by atoms with van der Waals surface area (Å²) in [6, 6.07) is 8.90. The maximum Gasteiger partial charge on any atom is 0.311 e. The van der Waals surface area contributed by atoms with Crippen LogP contribution in [0.25, 0.3) is 0 Å². The second-order valence-corrected chi connectivity index (χ2v) is 5.81. The summed E-state index contributed by atoms with van der Waals surface area (Å²) in [4.78, 5) is 23.5. The smallest absolute Gasteiger partial charge is 0.311 e. The molecule has 1 saturated carbocycles.